The van der Waals surface area contributed by atoms with Crippen LogP contribution in [0.1, 0.15) is 58.3 Å². The van der Waals surface area contributed by atoms with Crippen LogP contribution in [-0.4, -0.2) is 61.8 Å². The van der Waals surface area contributed by atoms with Crippen molar-refractivity contribution in [3.8, 4) is 0 Å². The number of thioether (sulfide) groups is 2. The van der Waals surface area contributed by atoms with E-state index in [0.29, 0.717) is 6.42 Å². The molecule has 0 heterocycles. The molecule has 28 heavy (non-hydrogen) atoms. The molecule has 0 aromatic rings. The highest BCUT2D eigenvalue weighted by Crippen LogP contribution is 2.48. The maximum absolute atomic E-state index is 12.3. The van der Waals surface area contributed by atoms with E-state index in [-0.39, 0.29) is 40.6 Å². The van der Waals surface area contributed by atoms with Gasteiger partial charge in [-0.2, -0.15) is 11.8 Å². The van der Waals surface area contributed by atoms with Crippen molar-refractivity contribution in [1.82, 2.24) is 0 Å². The van der Waals surface area contributed by atoms with Crippen LogP contribution in [0.15, 0.2) is 12.2 Å². The topological polar surface area (TPSA) is 94.8 Å². The Morgan fingerprint density at radius 2 is 2.11 bits per heavy atom. The molecule has 0 spiro atoms. The van der Waals surface area contributed by atoms with Gasteiger partial charge in [0.1, 0.15) is 5.78 Å². The number of aliphatic hydroxyl groups excluding tert-OH is 2. The Balaban J connectivity index is 1.79. The number of aliphatic hydroxyl groups is 2. The predicted molar refractivity (Wildman–Crippen MR) is 116 cm³/mol. The van der Waals surface area contributed by atoms with Crippen LogP contribution in [0, 0.1) is 11.3 Å². The summed E-state index contributed by atoms with van der Waals surface area (Å²) in [5.41, 5.74) is 0.0744. The predicted octanol–water partition coefficient (Wildman–Crippen LogP) is 3.52. The van der Waals surface area contributed by atoms with Gasteiger partial charge in [0.15, 0.2) is 0 Å². The summed E-state index contributed by atoms with van der Waals surface area (Å²) in [6.45, 7) is 2.16. The summed E-state index contributed by atoms with van der Waals surface area (Å²) in [6, 6.07) is 0. The van der Waals surface area contributed by atoms with Crippen LogP contribution in [0.3, 0.4) is 0 Å². The van der Waals surface area contributed by atoms with Crippen LogP contribution >= 0.6 is 23.5 Å². The summed E-state index contributed by atoms with van der Waals surface area (Å²) < 4.78 is 0. The Morgan fingerprint density at radius 3 is 2.71 bits per heavy atom. The van der Waals surface area contributed by atoms with E-state index in [1.165, 1.54) is 18.2 Å². The van der Waals surface area contributed by atoms with Gasteiger partial charge in [0, 0.05) is 12.3 Å². The van der Waals surface area contributed by atoms with Crippen molar-refractivity contribution < 1.29 is 24.9 Å². The van der Waals surface area contributed by atoms with Crippen LogP contribution in [0.5, 0.6) is 0 Å². The number of carboxylic acids is 1. The van der Waals surface area contributed by atoms with Crippen molar-refractivity contribution in [2.45, 2.75) is 75.7 Å². The Morgan fingerprint density at radius 1 is 1.36 bits per heavy atom. The lowest BCUT2D eigenvalue weighted by Crippen LogP contribution is -2.41. The average Bonchev–Trinajstić information content (AvgIpc) is 2.87. The fraction of sp³-hybridized carbons (Fsp3) is 0.810. The second-order valence-electron chi connectivity index (χ2n) is 8.05. The van der Waals surface area contributed by atoms with Crippen molar-refractivity contribution in [1.29, 1.82) is 0 Å². The molecule has 0 amide bonds. The zero-order chi connectivity index (χ0) is 20.6. The molecule has 2 fully saturated rings. The summed E-state index contributed by atoms with van der Waals surface area (Å²) in [5, 5.41) is 29.3. The first-order valence-corrected chi connectivity index (χ1v) is 12.6. The molecule has 0 aromatic heterocycles. The van der Waals surface area contributed by atoms with Crippen LogP contribution in [0.2, 0.25) is 0 Å². The van der Waals surface area contributed by atoms with Crippen molar-refractivity contribution >= 4 is 35.3 Å². The average molecular weight is 431 g/mol. The standard InChI is InChI=1S/C21H34O5S2/c1-2-8-21(9-4-10-21)18(24)7-3-6-15-16(22)13-17(23)20(15)28-12-5-11-27-14-19(25)26/h3,6,15-16,18,20,22,24H,2,4-5,7-14H2,1H3,(H,25,26)/t15-,16+,18?,20?/m0/s1. The fourth-order valence-corrected chi connectivity index (χ4v) is 6.52. The first kappa shape index (κ1) is 23.8. The van der Waals surface area contributed by atoms with E-state index >= 15 is 0 Å². The molecule has 0 radical (unpaired) electrons. The number of hydrogen-bond acceptors (Lipinski definition) is 6. The van der Waals surface area contributed by atoms with Crippen LogP contribution < -0.4 is 0 Å². The minimum Gasteiger partial charge on any atom is -0.481 e. The van der Waals surface area contributed by atoms with E-state index in [9.17, 15) is 19.8 Å². The van der Waals surface area contributed by atoms with Crippen molar-refractivity contribution in [2.24, 2.45) is 11.3 Å². The number of carboxylic acid groups (broad SMARTS) is 1. The molecule has 2 unspecified atom stereocenters. The minimum absolute atomic E-state index is 0.0744. The molecule has 3 N–H and O–H groups in total. The zero-order valence-electron chi connectivity index (χ0n) is 16.7. The van der Waals surface area contributed by atoms with E-state index in [4.69, 9.17) is 5.11 Å². The van der Waals surface area contributed by atoms with Crippen molar-refractivity contribution in [3.63, 3.8) is 0 Å². The number of ketones is 1. The van der Waals surface area contributed by atoms with Gasteiger partial charge in [0.25, 0.3) is 0 Å². The van der Waals surface area contributed by atoms with Gasteiger partial charge in [-0.3, -0.25) is 9.59 Å². The highest BCUT2D eigenvalue weighted by molar-refractivity contribution is 8.01. The van der Waals surface area contributed by atoms with Gasteiger partial charge < -0.3 is 15.3 Å². The number of carbonyl (C=O) groups excluding carboxylic acids is 1. The Kier molecular flexibility index (Phi) is 9.87. The number of Topliss-reactive ketones (excluding diaryl/α,β-unsaturated/α-hetero) is 1. The summed E-state index contributed by atoms with van der Waals surface area (Å²) >= 11 is 2.95. The molecule has 2 saturated carbocycles. The second-order valence-corrected chi connectivity index (χ2v) is 10.4. The summed E-state index contributed by atoms with van der Waals surface area (Å²) in [5.74, 6) is 0.741. The van der Waals surface area contributed by atoms with Gasteiger partial charge in [-0.1, -0.05) is 31.9 Å². The third-order valence-corrected chi connectivity index (χ3v) is 8.49. The molecule has 0 aliphatic heterocycles. The largest absolute Gasteiger partial charge is 0.481 e. The second kappa shape index (κ2) is 11.6. The van der Waals surface area contributed by atoms with Crippen LogP contribution in [-0.2, 0) is 9.59 Å². The summed E-state index contributed by atoms with van der Waals surface area (Å²) in [6.07, 6.45) is 10.1. The third-order valence-electron chi connectivity index (χ3n) is 6.00. The van der Waals surface area contributed by atoms with Crippen LogP contribution in [0.4, 0.5) is 0 Å². The lowest BCUT2D eigenvalue weighted by Gasteiger charge is -2.45. The van der Waals surface area contributed by atoms with E-state index in [0.717, 1.165) is 43.6 Å². The molecule has 5 nitrogen and oxygen atoms in total. The Bertz CT molecular complexity index is 547. The van der Waals surface area contributed by atoms with Crippen molar-refractivity contribution in [2.75, 3.05) is 17.3 Å². The smallest absolute Gasteiger partial charge is 0.313 e. The number of aliphatic carboxylic acids is 1. The summed E-state index contributed by atoms with van der Waals surface area (Å²) in [7, 11) is 0. The molecule has 0 aromatic carbocycles. The molecular weight excluding hydrogens is 396 g/mol. The molecule has 4 atom stereocenters. The van der Waals surface area contributed by atoms with E-state index < -0.39 is 12.1 Å². The molecule has 160 valence electrons. The van der Waals surface area contributed by atoms with Crippen LogP contribution in [0.25, 0.3) is 0 Å². The molecule has 0 bridgehead atoms. The van der Waals surface area contributed by atoms with Gasteiger partial charge >= 0.3 is 5.97 Å². The fourth-order valence-electron chi connectivity index (χ4n) is 4.33. The maximum atomic E-state index is 12.3. The van der Waals surface area contributed by atoms with E-state index in [2.05, 4.69) is 6.92 Å². The molecule has 0 saturated heterocycles. The van der Waals surface area contributed by atoms with E-state index in [1.807, 2.05) is 12.2 Å². The first-order valence-electron chi connectivity index (χ1n) is 10.4. The molecular formula is C21H34O5S2. The summed E-state index contributed by atoms with van der Waals surface area (Å²) in [4.78, 5) is 22.8. The number of rotatable bonds is 13. The highest BCUT2D eigenvalue weighted by atomic mass is 32.2. The third kappa shape index (κ3) is 6.51. The molecule has 2 rings (SSSR count). The molecule has 2 aliphatic rings. The zero-order valence-corrected chi connectivity index (χ0v) is 18.3. The first-order chi connectivity index (χ1) is 13.4. The normalized spacial score (nSPS) is 27.8. The monoisotopic (exact) mass is 430 g/mol. The maximum Gasteiger partial charge on any atom is 0.313 e. The molecule has 7 heteroatoms. The van der Waals surface area contributed by atoms with Gasteiger partial charge in [0.05, 0.1) is 23.2 Å². The van der Waals surface area contributed by atoms with Crippen molar-refractivity contribution in [3.05, 3.63) is 12.2 Å². The van der Waals surface area contributed by atoms with Gasteiger partial charge in [-0.25, -0.2) is 0 Å². The molecule has 2 aliphatic carbocycles. The number of hydrogen-bond donors (Lipinski definition) is 3. The lowest BCUT2D eigenvalue weighted by atomic mass is 9.62. The number of carbonyl (C=O) groups is 2. The van der Waals surface area contributed by atoms with Gasteiger partial charge in [-0.05, 0) is 49.0 Å². The highest BCUT2D eigenvalue weighted by Gasteiger charge is 2.42. The minimum atomic E-state index is -0.804. The van der Waals surface area contributed by atoms with Gasteiger partial charge in [-0.15, -0.1) is 11.8 Å². The van der Waals surface area contributed by atoms with Gasteiger partial charge in [0.2, 0.25) is 0 Å². The quantitative estimate of drug-likeness (QED) is 0.304. The lowest BCUT2D eigenvalue weighted by molar-refractivity contribution is -0.133. The Labute approximate surface area is 176 Å². The Hall–Kier alpha value is -0.500. The van der Waals surface area contributed by atoms with E-state index in [1.54, 1.807) is 11.8 Å². The SMILES string of the molecule is CCCC1(C(O)CC=C[C@@H]2C(SCCCSCC(=O)O)C(=O)C[C@H]2O)CCC1.